The highest BCUT2D eigenvalue weighted by molar-refractivity contribution is 14.0. The second kappa shape index (κ2) is 10.8. The minimum absolute atomic E-state index is 0. The largest absolute Gasteiger partial charge is 0.386 e. The van der Waals surface area contributed by atoms with E-state index in [1.807, 2.05) is 6.92 Å². The van der Waals surface area contributed by atoms with Gasteiger partial charge in [-0.1, -0.05) is 19.1 Å². The van der Waals surface area contributed by atoms with Crippen LogP contribution in [0.15, 0.2) is 29.3 Å². The Balaban J connectivity index is 0.00000361. The van der Waals surface area contributed by atoms with Crippen LogP contribution in [0.4, 0.5) is 4.39 Å². The van der Waals surface area contributed by atoms with Crippen LogP contribution >= 0.6 is 24.0 Å². The van der Waals surface area contributed by atoms with Gasteiger partial charge in [-0.15, -0.1) is 24.0 Å². The first-order valence-electron chi connectivity index (χ1n) is 6.63. The van der Waals surface area contributed by atoms with Gasteiger partial charge in [0.25, 0.3) is 0 Å². The molecule has 114 valence electrons. The van der Waals surface area contributed by atoms with Crippen molar-refractivity contribution in [2.45, 2.75) is 26.4 Å². The van der Waals surface area contributed by atoms with Gasteiger partial charge in [0, 0.05) is 13.1 Å². The molecular formula is C14H23FIN3O. The molecule has 1 aromatic rings. The molecule has 1 unspecified atom stereocenters. The zero-order valence-electron chi connectivity index (χ0n) is 11.9. The lowest BCUT2D eigenvalue weighted by atomic mass is 10.1. The molecule has 0 fully saturated rings. The van der Waals surface area contributed by atoms with Crippen molar-refractivity contribution >= 4 is 29.9 Å². The first-order valence-corrected chi connectivity index (χ1v) is 6.63. The molecule has 0 aromatic heterocycles. The highest BCUT2D eigenvalue weighted by Crippen LogP contribution is 2.13. The van der Waals surface area contributed by atoms with Crippen molar-refractivity contribution < 1.29 is 9.50 Å². The maximum Gasteiger partial charge on any atom is 0.191 e. The van der Waals surface area contributed by atoms with Crippen molar-refractivity contribution in [2.75, 3.05) is 19.6 Å². The predicted octanol–water partition coefficient (Wildman–Crippen LogP) is 2.44. The maximum atomic E-state index is 12.8. The minimum Gasteiger partial charge on any atom is -0.386 e. The Morgan fingerprint density at radius 2 is 1.90 bits per heavy atom. The van der Waals surface area contributed by atoms with Gasteiger partial charge in [0.2, 0.25) is 0 Å². The average Bonchev–Trinajstić information content (AvgIpc) is 2.42. The Morgan fingerprint density at radius 3 is 2.45 bits per heavy atom. The Bertz CT molecular complexity index is 398. The first-order chi connectivity index (χ1) is 9.17. The number of guanidine groups is 1. The molecule has 0 aliphatic heterocycles. The average molecular weight is 395 g/mol. The summed E-state index contributed by atoms with van der Waals surface area (Å²) in [5.41, 5.74) is 0.663. The summed E-state index contributed by atoms with van der Waals surface area (Å²) in [6, 6.07) is 5.81. The van der Waals surface area contributed by atoms with Crippen molar-refractivity contribution in [3.63, 3.8) is 0 Å². The Labute approximate surface area is 136 Å². The van der Waals surface area contributed by atoms with E-state index in [4.69, 9.17) is 0 Å². The first kappa shape index (κ1) is 19.1. The minimum atomic E-state index is -0.724. The van der Waals surface area contributed by atoms with Gasteiger partial charge >= 0.3 is 0 Å². The molecule has 0 radical (unpaired) electrons. The van der Waals surface area contributed by atoms with E-state index < -0.39 is 6.10 Å². The van der Waals surface area contributed by atoms with Crippen LogP contribution in [0.3, 0.4) is 0 Å². The Hall–Kier alpha value is -0.890. The van der Waals surface area contributed by atoms with Crippen molar-refractivity contribution in [3.05, 3.63) is 35.6 Å². The molecule has 0 spiro atoms. The third-order valence-corrected chi connectivity index (χ3v) is 2.56. The molecule has 1 atom stereocenters. The van der Waals surface area contributed by atoms with Crippen molar-refractivity contribution in [3.8, 4) is 0 Å². The number of rotatable bonds is 6. The number of aliphatic hydroxyl groups is 1. The monoisotopic (exact) mass is 395 g/mol. The second-order valence-corrected chi connectivity index (χ2v) is 4.21. The standard InChI is InChI=1S/C14H22FN3O.HI/c1-3-9-17-14(16-4-2)18-10-13(19)11-5-7-12(15)8-6-11;/h5-8,13,19H,3-4,9-10H2,1-2H3,(H2,16,17,18);1H. The number of benzene rings is 1. The van der Waals surface area contributed by atoms with Crippen LogP contribution in [0.5, 0.6) is 0 Å². The van der Waals surface area contributed by atoms with Crippen molar-refractivity contribution in [1.29, 1.82) is 0 Å². The number of aliphatic imine (C=N–C) groups is 1. The lowest BCUT2D eigenvalue weighted by Gasteiger charge is -2.12. The molecule has 3 N–H and O–H groups in total. The molecule has 0 saturated carbocycles. The highest BCUT2D eigenvalue weighted by atomic mass is 127. The molecule has 0 aliphatic carbocycles. The molecule has 0 amide bonds. The van der Waals surface area contributed by atoms with Gasteiger partial charge in [0.05, 0.1) is 12.6 Å². The summed E-state index contributed by atoms with van der Waals surface area (Å²) in [5, 5.41) is 16.2. The highest BCUT2D eigenvalue weighted by Gasteiger charge is 2.07. The summed E-state index contributed by atoms with van der Waals surface area (Å²) >= 11 is 0. The molecular weight excluding hydrogens is 372 g/mol. The SMILES string of the molecule is CCCNC(=NCC(O)c1ccc(F)cc1)NCC.I. The Morgan fingerprint density at radius 1 is 1.25 bits per heavy atom. The Kier molecular flexibility index (Phi) is 10.4. The smallest absolute Gasteiger partial charge is 0.191 e. The van der Waals surface area contributed by atoms with Crippen LogP contribution in [0.1, 0.15) is 31.9 Å². The number of nitrogens with one attached hydrogen (secondary N) is 2. The van der Waals surface area contributed by atoms with Crippen LogP contribution in [-0.2, 0) is 0 Å². The number of hydrogen-bond acceptors (Lipinski definition) is 2. The van der Waals surface area contributed by atoms with E-state index in [1.54, 1.807) is 12.1 Å². The fourth-order valence-corrected chi connectivity index (χ4v) is 1.55. The summed E-state index contributed by atoms with van der Waals surface area (Å²) in [6.45, 7) is 5.90. The summed E-state index contributed by atoms with van der Waals surface area (Å²) in [4.78, 5) is 4.30. The molecule has 1 rings (SSSR count). The summed E-state index contributed by atoms with van der Waals surface area (Å²) in [5.74, 6) is 0.378. The second-order valence-electron chi connectivity index (χ2n) is 4.21. The van der Waals surface area contributed by atoms with Crippen LogP contribution in [0, 0.1) is 5.82 Å². The summed E-state index contributed by atoms with van der Waals surface area (Å²) in [6.07, 6.45) is 0.281. The molecule has 0 aliphatic rings. The number of nitrogens with zero attached hydrogens (tertiary/aromatic N) is 1. The molecule has 6 heteroatoms. The van der Waals surface area contributed by atoms with Crippen LogP contribution in [-0.4, -0.2) is 30.7 Å². The molecule has 20 heavy (non-hydrogen) atoms. The lowest BCUT2D eigenvalue weighted by Crippen LogP contribution is -2.37. The van der Waals surface area contributed by atoms with Crippen LogP contribution in [0.25, 0.3) is 0 Å². The quantitative estimate of drug-likeness (QED) is 0.394. The normalized spacial score (nSPS) is 12.5. The van der Waals surface area contributed by atoms with Gasteiger partial charge in [0.15, 0.2) is 5.96 Å². The van der Waals surface area contributed by atoms with Gasteiger partial charge in [-0.3, -0.25) is 4.99 Å². The summed E-state index contributed by atoms with van der Waals surface area (Å²) in [7, 11) is 0. The zero-order valence-corrected chi connectivity index (χ0v) is 14.2. The van der Waals surface area contributed by atoms with E-state index in [-0.39, 0.29) is 36.3 Å². The van der Waals surface area contributed by atoms with E-state index in [1.165, 1.54) is 12.1 Å². The molecule has 1 aromatic carbocycles. The fourth-order valence-electron chi connectivity index (χ4n) is 1.55. The van der Waals surface area contributed by atoms with Gasteiger partial charge in [-0.2, -0.15) is 0 Å². The van der Waals surface area contributed by atoms with E-state index in [0.29, 0.717) is 11.5 Å². The number of halogens is 2. The van der Waals surface area contributed by atoms with Crippen LogP contribution < -0.4 is 10.6 Å². The summed E-state index contributed by atoms with van der Waals surface area (Å²) < 4.78 is 12.8. The molecule has 4 nitrogen and oxygen atoms in total. The third-order valence-electron chi connectivity index (χ3n) is 2.56. The van der Waals surface area contributed by atoms with Crippen LogP contribution in [0.2, 0.25) is 0 Å². The van der Waals surface area contributed by atoms with Crippen molar-refractivity contribution in [2.24, 2.45) is 4.99 Å². The number of aliphatic hydroxyl groups excluding tert-OH is 1. The maximum absolute atomic E-state index is 12.8. The zero-order chi connectivity index (χ0) is 14.1. The van der Waals surface area contributed by atoms with Gasteiger partial charge in [-0.05, 0) is 31.0 Å². The topological polar surface area (TPSA) is 56.7 Å². The van der Waals surface area contributed by atoms with Gasteiger partial charge < -0.3 is 15.7 Å². The van der Waals surface area contributed by atoms with Gasteiger partial charge in [0.1, 0.15) is 5.82 Å². The molecule has 0 heterocycles. The fraction of sp³-hybridized carbons (Fsp3) is 0.500. The molecule has 0 bridgehead atoms. The van der Waals surface area contributed by atoms with E-state index in [9.17, 15) is 9.50 Å². The van der Waals surface area contributed by atoms with Gasteiger partial charge in [-0.25, -0.2) is 4.39 Å². The van der Waals surface area contributed by atoms with Crippen molar-refractivity contribution in [1.82, 2.24) is 10.6 Å². The predicted molar refractivity (Wildman–Crippen MR) is 91.0 cm³/mol. The third kappa shape index (κ3) is 7.04. The van der Waals surface area contributed by atoms with E-state index in [0.717, 1.165) is 19.5 Å². The molecule has 0 saturated heterocycles. The van der Waals surface area contributed by atoms with E-state index in [2.05, 4.69) is 22.5 Å². The number of hydrogen-bond donors (Lipinski definition) is 3. The lowest BCUT2D eigenvalue weighted by molar-refractivity contribution is 0.187. The van der Waals surface area contributed by atoms with E-state index >= 15 is 0 Å².